The van der Waals surface area contributed by atoms with E-state index in [0.29, 0.717) is 0 Å². The summed E-state index contributed by atoms with van der Waals surface area (Å²) in [6.07, 6.45) is -0.601. The fraction of sp³-hybridized carbons (Fsp3) is 0.450. The van der Waals surface area contributed by atoms with Crippen LogP contribution >= 0.6 is 0 Å². The van der Waals surface area contributed by atoms with Gasteiger partial charge in [0.15, 0.2) is 5.82 Å². The number of hydrogen-bond acceptors (Lipinski definition) is 4. The Morgan fingerprint density at radius 1 is 1.14 bits per heavy atom. The molecule has 1 heterocycles. The predicted octanol–water partition coefficient (Wildman–Crippen LogP) is 3.45. The maximum absolute atomic E-state index is 15.1. The molecule has 0 bridgehead atoms. The van der Waals surface area contributed by atoms with Gasteiger partial charge in [-0.15, -0.1) is 0 Å². The van der Waals surface area contributed by atoms with Crippen LogP contribution in [0.25, 0.3) is 11.3 Å². The molecule has 28 heavy (non-hydrogen) atoms. The minimum Gasteiger partial charge on any atom is -0.386 e. The van der Waals surface area contributed by atoms with Crippen molar-refractivity contribution in [3.05, 3.63) is 53.2 Å². The fourth-order valence-corrected chi connectivity index (χ4v) is 3.45. The van der Waals surface area contributed by atoms with E-state index in [1.165, 1.54) is 32.9 Å². The molecule has 4 N–H and O–H groups in total. The van der Waals surface area contributed by atoms with Crippen LogP contribution in [-0.4, -0.2) is 27.7 Å². The second kappa shape index (κ2) is 6.23. The Bertz CT molecular complexity index is 912. The Morgan fingerprint density at radius 2 is 1.68 bits per heavy atom. The van der Waals surface area contributed by atoms with Crippen LogP contribution in [0.15, 0.2) is 30.3 Å². The third kappa shape index (κ3) is 3.00. The first-order chi connectivity index (χ1) is 12.8. The molecular weight excluding hydrogens is 376 g/mol. The van der Waals surface area contributed by atoms with Gasteiger partial charge in [-0.05, 0) is 44.2 Å². The second-order valence-corrected chi connectivity index (χ2v) is 8.06. The molecule has 1 aliphatic carbocycles. The number of halogens is 4. The van der Waals surface area contributed by atoms with E-state index in [0.717, 1.165) is 18.2 Å². The third-order valence-electron chi connectivity index (χ3n) is 5.62. The van der Waals surface area contributed by atoms with E-state index in [2.05, 4.69) is 4.98 Å². The average Bonchev–Trinajstić information content (AvgIpc) is 3.13. The maximum Gasteiger partial charge on any atom is 0.257 e. The highest BCUT2D eigenvalue weighted by molar-refractivity contribution is 5.62. The molecular formula is C20H22F4N2O2. The van der Waals surface area contributed by atoms with E-state index in [1.54, 1.807) is 0 Å². The summed E-state index contributed by atoms with van der Waals surface area (Å²) in [6.45, 7) is 3.25. The minimum atomic E-state index is -3.16. The second-order valence-electron chi connectivity index (χ2n) is 8.06. The summed E-state index contributed by atoms with van der Waals surface area (Å²) in [6, 6.07) is 5.80. The summed E-state index contributed by atoms with van der Waals surface area (Å²) < 4.78 is 56.4. The van der Waals surface area contributed by atoms with Gasteiger partial charge in [0.05, 0.1) is 16.7 Å². The summed E-state index contributed by atoms with van der Waals surface area (Å²) in [5, 5.41) is 21.5. The molecule has 2 atom stereocenters. The van der Waals surface area contributed by atoms with Gasteiger partial charge < -0.3 is 15.9 Å². The number of aromatic nitrogens is 1. The van der Waals surface area contributed by atoms with Gasteiger partial charge in [-0.25, -0.2) is 22.5 Å². The highest BCUT2D eigenvalue weighted by atomic mass is 19.3. The number of hydrogen-bond donors (Lipinski definition) is 3. The van der Waals surface area contributed by atoms with E-state index in [1.807, 2.05) is 0 Å². The van der Waals surface area contributed by atoms with Gasteiger partial charge in [0.1, 0.15) is 17.1 Å². The Hall–Kier alpha value is -2.03. The first kappa shape index (κ1) is 20.7. The molecule has 3 rings (SSSR count). The van der Waals surface area contributed by atoms with Gasteiger partial charge in [0.25, 0.3) is 5.92 Å². The van der Waals surface area contributed by atoms with Crippen LogP contribution in [0.5, 0.6) is 0 Å². The lowest BCUT2D eigenvalue weighted by molar-refractivity contribution is -0.0799. The fourth-order valence-electron chi connectivity index (χ4n) is 3.45. The zero-order valence-electron chi connectivity index (χ0n) is 15.7. The van der Waals surface area contributed by atoms with Crippen molar-refractivity contribution in [3.63, 3.8) is 0 Å². The molecule has 1 unspecified atom stereocenters. The van der Waals surface area contributed by atoms with E-state index in [9.17, 15) is 23.4 Å². The minimum absolute atomic E-state index is 0.165. The van der Waals surface area contributed by atoms with Crippen molar-refractivity contribution < 1.29 is 27.8 Å². The predicted molar refractivity (Wildman–Crippen MR) is 95.5 cm³/mol. The summed E-state index contributed by atoms with van der Waals surface area (Å²) in [5.41, 5.74) is -0.804. The van der Waals surface area contributed by atoms with Crippen LogP contribution in [0.3, 0.4) is 0 Å². The molecule has 1 aliphatic rings. The van der Waals surface area contributed by atoms with Gasteiger partial charge >= 0.3 is 0 Å². The lowest BCUT2D eigenvalue weighted by Gasteiger charge is -2.34. The normalized spacial score (nSPS) is 23.4. The van der Waals surface area contributed by atoms with Gasteiger partial charge in [-0.2, -0.15) is 0 Å². The van der Waals surface area contributed by atoms with Gasteiger partial charge in [0.2, 0.25) is 0 Å². The van der Waals surface area contributed by atoms with Gasteiger partial charge in [0, 0.05) is 24.1 Å². The van der Waals surface area contributed by atoms with Crippen LogP contribution in [0.4, 0.5) is 17.6 Å². The Balaban J connectivity index is 2.28. The van der Waals surface area contributed by atoms with Crippen molar-refractivity contribution in [1.29, 1.82) is 0 Å². The lowest BCUT2D eigenvalue weighted by atomic mass is 9.80. The third-order valence-corrected chi connectivity index (χ3v) is 5.62. The molecule has 1 saturated carbocycles. The number of pyridine rings is 1. The number of aliphatic hydroxyl groups is 2. The molecule has 0 aliphatic heterocycles. The van der Waals surface area contributed by atoms with Crippen molar-refractivity contribution >= 4 is 0 Å². The van der Waals surface area contributed by atoms with Crippen LogP contribution in [0.2, 0.25) is 0 Å². The van der Waals surface area contributed by atoms with Gasteiger partial charge in [-0.3, -0.25) is 0 Å². The first-order valence-corrected chi connectivity index (χ1v) is 8.77. The molecule has 1 aromatic carbocycles. The van der Waals surface area contributed by atoms with E-state index in [-0.39, 0.29) is 22.5 Å². The van der Waals surface area contributed by atoms with Crippen LogP contribution in [-0.2, 0) is 11.2 Å². The maximum atomic E-state index is 15.1. The Kier molecular flexibility index (Phi) is 4.61. The molecule has 1 aromatic heterocycles. The van der Waals surface area contributed by atoms with Gasteiger partial charge in [-0.1, -0.05) is 6.92 Å². The molecule has 152 valence electrons. The lowest BCUT2D eigenvalue weighted by Crippen LogP contribution is -2.46. The largest absolute Gasteiger partial charge is 0.386 e. The number of alkyl halides is 2. The highest BCUT2D eigenvalue weighted by Crippen LogP contribution is 2.68. The molecule has 1 fully saturated rings. The van der Waals surface area contributed by atoms with Crippen molar-refractivity contribution in [3.8, 4) is 11.3 Å². The zero-order chi connectivity index (χ0) is 21.1. The number of rotatable bonds is 5. The summed E-state index contributed by atoms with van der Waals surface area (Å²) >= 11 is 0. The molecule has 0 amide bonds. The molecule has 0 saturated heterocycles. The van der Waals surface area contributed by atoms with E-state index >= 15 is 4.39 Å². The van der Waals surface area contributed by atoms with E-state index < -0.39 is 47.1 Å². The summed E-state index contributed by atoms with van der Waals surface area (Å²) in [4.78, 5) is 4.09. The highest BCUT2D eigenvalue weighted by Gasteiger charge is 2.77. The monoisotopic (exact) mass is 398 g/mol. The quantitative estimate of drug-likeness (QED) is 0.674. The first-order valence-electron chi connectivity index (χ1n) is 8.77. The van der Waals surface area contributed by atoms with Crippen molar-refractivity contribution in [2.45, 2.75) is 44.3 Å². The summed E-state index contributed by atoms with van der Waals surface area (Å²) in [7, 11) is 0. The molecule has 2 aromatic rings. The number of benzene rings is 1. The molecule has 0 radical (unpaired) electrons. The standard InChI is InChI=1S/C20H22F4N2O2/c1-17(2,27)13-8-14(19(28,10-25)18(3)9-20(18,23)24)26-16(15(13)22)11-4-6-12(21)7-5-11/h4-8,27-28H,9-10,25H2,1-3H3/t18-,19?/m1/s1. The zero-order valence-corrected chi connectivity index (χ0v) is 15.7. The smallest absolute Gasteiger partial charge is 0.257 e. The topological polar surface area (TPSA) is 79.4 Å². The van der Waals surface area contributed by atoms with Crippen LogP contribution < -0.4 is 5.73 Å². The van der Waals surface area contributed by atoms with Crippen LogP contribution in [0, 0.1) is 17.0 Å². The van der Waals surface area contributed by atoms with Crippen molar-refractivity contribution in [1.82, 2.24) is 4.98 Å². The SMILES string of the molecule is CC(C)(O)c1cc(C(O)(CN)[C@@]2(C)CC2(F)F)nc(-c2ccc(F)cc2)c1F. The number of nitrogens with two attached hydrogens (primary N) is 1. The van der Waals surface area contributed by atoms with Crippen LogP contribution in [0.1, 0.15) is 38.4 Å². The Labute approximate surface area is 160 Å². The molecule has 8 heteroatoms. The number of nitrogens with zero attached hydrogens (tertiary/aromatic N) is 1. The Morgan fingerprint density at radius 3 is 2.11 bits per heavy atom. The van der Waals surface area contributed by atoms with Crippen molar-refractivity contribution in [2.24, 2.45) is 11.1 Å². The van der Waals surface area contributed by atoms with E-state index in [4.69, 9.17) is 5.73 Å². The summed E-state index contributed by atoms with van der Waals surface area (Å²) in [5.74, 6) is -4.61. The average molecular weight is 398 g/mol. The molecule has 4 nitrogen and oxygen atoms in total. The molecule has 0 spiro atoms. The van der Waals surface area contributed by atoms with Crippen molar-refractivity contribution in [2.75, 3.05) is 6.54 Å².